The first-order chi connectivity index (χ1) is 16.9. The third kappa shape index (κ3) is 5.44. The molecule has 0 saturated heterocycles. The summed E-state index contributed by atoms with van der Waals surface area (Å²) in [6, 6.07) is 0. The average molecular weight is 484 g/mol. The molecule has 0 radical (unpaired) electrons. The van der Waals surface area contributed by atoms with Gasteiger partial charge in [0.25, 0.3) is 0 Å². The van der Waals surface area contributed by atoms with Crippen molar-refractivity contribution < 1.29 is 15.0 Å². The maximum atomic E-state index is 11.2. The second-order valence-electron chi connectivity index (χ2n) is 13.2. The van der Waals surface area contributed by atoms with Gasteiger partial charge in [0.2, 0.25) is 0 Å². The van der Waals surface area contributed by atoms with Gasteiger partial charge in [0.15, 0.2) is 0 Å². The SMILES string of the molecule is CN(C)C(O)C1CCC(C2CC23C[C@@H](CCC2=CCCCC2)C2CC(CCC(=O)O)CC=C23)CC1. The van der Waals surface area contributed by atoms with Crippen molar-refractivity contribution in [2.24, 2.45) is 40.9 Å². The Morgan fingerprint density at radius 3 is 2.60 bits per heavy atom. The maximum absolute atomic E-state index is 11.2. The lowest BCUT2D eigenvalue weighted by atomic mass is 9.73. The molecule has 196 valence electrons. The first-order valence-electron chi connectivity index (χ1n) is 14.8. The molecule has 5 unspecified atom stereocenters. The highest BCUT2D eigenvalue weighted by Crippen LogP contribution is 2.74. The van der Waals surface area contributed by atoms with Crippen molar-refractivity contribution in [2.45, 2.75) is 109 Å². The van der Waals surface area contributed by atoms with Crippen LogP contribution in [-0.4, -0.2) is 41.4 Å². The van der Waals surface area contributed by atoms with Crippen LogP contribution in [-0.2, 0) is 4.79 Å². The monoisotopic (exact) mass is 483 g/mol. The number of carbonyl (C=O) groups is 1. The molecule has 0 amide bonds. The van der Waals surface area contributed by atoms with Gasteiger partial charge in [-0.05, 0) is 151 Å². The molecular formula is C31H49NO3. The number of hydrogen-bond donors (Lipinski definition) is 2. The zero-order valence-corrected chi connectivity index (χ0v) is 22.3. The summed E-state index contributed by atoms with van der Waals surface area (Å²) in [7, 11) is 3.99. The molecule has 1 spiro atoms. The fourth-order valence-electron chi connectivity index (χ4n) is 8.93. The number of aliphatic hydroxyl groups excluding tert-OH is 1. The number of nitrogens with zero attached hydrogens (tertiary/aromatic N) is 1. The molecule has 0 aromatic heterocycles. The van der Waals surface area contributed by atoms with Crippen molar-refractivity contribution >= 4 is 5.97 Å². The Morgan fingerprint density at radius 2 is 1.91 bits per heavy atom. The third-order valence-corrected chi connectivity index (χ3v) is 10.9. The van der Waals surface area contributed by atoms with E-state index in [4.69, 9.17) is 0 Å². The predicted octanol–water partition coefficient (Wildman–Crippen LogP) is 6.80. The van der Waals surface area contributed by atoms with Gasteiger partial charge in [-0.25, -0.2) is 0 Å². The molecule has 5 aliphatic carbocycles. The Kier molecular flexibility index (Phi) is 7.80. The van der Waals surface area contributed by atoms with Gasteiger partial charge < -0.3 is 10.2 Å². The van der Waals surface area contributed by atoms with Gasteiger partial charge in [0.05, 0.1) is 0 Å². The summed E-state index contributed by atoms with van der Waals surface area (Å²) in [6.45, 7) is 0. The van der Waals surface area contributed by atoms with E-state index in [9.17, 15) is 15.0 Å². The molecule has 35 heavy (non-hydrogen) atoms. The van der Waals surface area contributed by atoms with Gasteiger partial charge in [-0.3, -0.25) is 9.69 Å². The number of allylic oxidation sites excluding steroid dienone is 4. The number of aliphatic carboxylic acids is 1. The number of fused-ring (bicyclic) bond motifs is 2. The minimum atomic E-state index is -0.638. The summed E-state index contributed by atoms with van der Waals surface area (Å²) in [5.74, 6) is 3.58. The Balaban J connectivity index is 1.25. The minimum Gasteiger partial charge on any atom is -0.481 e. The summed E-state index contributed by atoms with van der Waals surface area (Å²) in [4.78, 5) is 13.2. The lowest BCUT2D eigenvalue weighted by Crippen LogP contribution is -2.37. The number of carboxylic acid groups (broad SMARTS) is 1. The number of rotatable bonds is 9. The summed E-state index contributed by atoms with van der Waals surface area (Å²) >= 11 is 0. The molecule has 3 saturated carbocycles. The second-order valence-corrected chi connectivity index (χ2v) is 13.2. The highest BCUT2D eigenvalue weighted by Gasteiger charge is 2.65. The Labute approximate surface area is 213 Å². The summed E-state index contributed by atoms with van der Waals surface area (Å²) in [5, 5.41) is 19.8. The lowest BCUT2D eigenvalue weighted by Gasteiger charge is -2.35. The van der Waals surface area contributed by atoms with E-state index in [-0.39, 0.29) is 6.23 Å². The van der Waals surface area contributed by atoms with Gasteiger partial charge >= 0.3 is 5.97 Å². The predicted molar refractivity (Wildman–Crippen MR) is 141 cm³/mol. The molecule has 5 rings (SSSR count). The van der Waals surface area contributed by atoms with Crippen molar-refractivity contribution in [3.8, 4) is 0 Å². The van der Waals surface area contributed by atoms with E-state index in [1.807, 2.05) is 24.6 Å². The zero-order chi connectivity index (χ0) is 24.6. The molecule has 2 N–H and O–H groups in total. The Hall–Kier alpha value is -1.13. The summed E-state index contributed by atoms with van der Waals surface area (Å²) < 4.78 is 0. The molecule has 5 aliphatic rings. The van der Waals surface area contributed by atoms with Crippen LogP contribution >= 0.6 is 0 Å². The van der Waals surface area contributed by atoms with Gasteiger partial charge in [-0.15, -0.1) is 0 Å². The Bertz CT molecular complexity index is 823. The standard InChI is InChI=1S/C31H49NO3/c1-32(2)30(35)24-14-12-23(13-15-24)28-20-31(28)19-25(11-8-21-6-4-3-5-7-21)26-18-22(9-16-27(26)31)10-17-29(33)34/h6,16,22-26,28,30,35H,3-5,7-15,17-20H2,1-2H3,(H,33,34)/t22?,23?,24?,25-,26?,28?,30?,31?/m1/s1. The van der Waals surface area contributed by atoms with Crippen LogP contribution in [0.2, 0.25) is 0 Å². The van der Waals surface area contributed by atoms with Gasteiger partial charge in [0.1, 0.15) is 6.23 Å². The molecule has 0 aromatic rings. The summed E-state index contributed by atoms with van der Waals surface area (Å²) in [6.07, 6.45) is 24.1. The van der Waals surface area contributed by atoms with E-state index in [2.05, 4.69) is 12.2 Å². The fraction of sp³-hybridized carbons (Fsp3) is 0.839. The molecular weight excluding hydrogens is 434 g/mol. The van der Waals surface area contributed by atoms with Crippen LogP contribution < -0.4 is 0 Å². The first-order valence-corrected chi connectivity index (χ1v) is 14.8. The molecule has 4 heteroatoms. The maximum Gasteiger partial charge on any atom is 0.303 e. The van der Waals surface area contributed by atoms with Gasteiger partial charge in [-0.2, -0.15) is 0 Å². The smallest absolute Gasteiger partial charge is 0.303 e. The fourth-order valence-corrected chi connectivity index (χ4v) is 8.93. The normalized spacial score (nSPS) is 39.8. The number of aliphatic hydroxyl groups is 1. The Morgan fingerprint density at radius 1 is 1.11 bits per heavy atom. The molecule has 0 aromatic carbocycles. The van der Waals surface area contributed by atoms with Crippen molar-refractivity contribution in [3.63, 3.8) is 0 Å². The minimum absolute atomic E-state index is 0.290. The van der Waals surface area contributed by atoms with E-state index in [1.54, 1.807) is 5.57 Å². The molecule has 0 aliphatic heterocycles. The number of hydrogen-bond acceptors (Lipinski definition) is 3. The zero-order valence-electron chi connectivity index (χ0n) is 22.3. The van der Waals surface area contributed by atoms with E-state index in [1.165, 1.54) is 83.5 Å². The van der Waals surface area contributed by atoms with Crippen LogP contribution in [0.5, 0.6) is 0 Å². The van der Waals surface area contributed by atoms with Crippen molar-refractivity contribution in [1.29, 1.82) is 0 Å². The molecule has 4 nitrogen and oxygen atoms in total. The van der Waals surface area contributed by atoms with E-state index in [0.717, 1.165) is 30.6 Å². The number of carboxylic acids is 1. The topological polar surface area (TPSA) is 60.8 Å². The van der Waals surface area contributed by atoms with Crippen molar-refractivity contribution in [1.82, 2.24) is 4.90 Å². The largest absolute Gasteiger partial charge is 0.481 e. The van der Waals surface area contributed by atoms with Crippen LogP contribution in [0.15, 0.2) is 23.3 Å². The van der Waals surface area contributed by atoms with E-state index in [0.29, 0.717) is 29.6 Å². The quantitative estimate of drug-likeness (QED) is 0.280. The van der Waals surface area contributed by atoms with Crippen LogP contribution in [0.4, 0.5) is 0 Å². The van der Waals surface area contributed by atoms with Crippen LogP contribution in [0.3, 0.4) is 0 Å². The average Bonchev–Trinajstić information content (AvgIpc) is 3.51. The van der Waals surface area contributed by atoms with Crippen molar-refractivity contribution in [2.75, 3.05) is 14.1 Å². The molecule has 3 fully saturated rings. The van der Waals surface area contributed by atoms with Gasteiger partial charge in [-0.1, -0.05) is 23.3 Å². The molecule has 0 bridgehead atoms. The van der Waals surface area contributed by atoms with Crippen LogP contribution in [0.25, 0.3) is 0 Å². The highest BCUT2D eigenvalue weighted by molar-refractivity contribution is 5.66. The summed E-state index contributed by atoms with van der Waals surface area (Å²) in [5.41, 5.74) is 4.00. The van der Waals surface area contributed by atoms with Crippen molar-refractivity contribution in [3.05, 3.63) is 23.3 Å². The van der Waals surface area contributed by atoms with E-state index >= 15 is 0 Å². The lowest BCUT2D eigenvalue weighted by molar-refractivity contribution is -0.137. The van der Waals surface area contributed by atoms with Gasteiger partial charge in [0, 0.05) is 6.42 Å². The molecule has 6 atom stereocenters. The van der Waals surface area contributed by atoms with E-state index < -0.39 is 5.97 Å². The van der Waals surface area contributed by atoms with Crippen LogP contribution in [0.1, 0.15) is 103 Å². The molecule has 0 heterocycles. The third-order valence-electron chi connectivity index (χ3n) is 10.9. The second kappa shape index (κ2) is 10.7. The highest BCUT2D eigenvalue weighted by atomic mass is 16.4. The first kappa shape index (κ1) is 25.5. The van der Waals surface area contributed by atoms with Crippen LogP contribution in [0, 0.1) is 40.9 Å².